The van der Waals surface area contributed by atoms with Gasteiger partial charge in [-0.25, -0.2) is 9.78 Å². The minimum absolute atomic E-state index is 0.113. The molecule has 11 nitrogen and oxygen atoms in total. The van der Waals surface area contributed by atoms with Gasteiger partial charge < -0.3 is 24.4 Å². The van der Waals surface area contributed by atoms with Crippen LogP contribution in [0.2, 0.25) is 0 Å². The van der Waals surface area contributed by atoms with Crippen molar-refractivity contribution in [2.75, 3.05) is 68.0 Å². The van der Waals surface area contributed by atoms with Gasteiger partial charge in [-0.05, 0) is 12.1 Å². The molecule has 0 atom stereocenters. The molecule has 0 aliphatic carbocycles. The molecule has 4 heterocycles. The zero-order valence-electron chi connectivity index (χ0n) is 17.1. The van der Waals surface area contributed by atoms with Crippen LogP contribution in [0.1, 0.15) is 0 Å². The molecule has 164 valence electrons. The Balaban J connectivity index is 1.48. The molecule has 2 amide bonds. The number of hydrogen-bond donors (Lipinski definition) is 1. The Morgan fingerprint density at radius 3 is 2.32 bits per heavy atom. The standard InChI is InChI=1S/C20H25N7O4/c28-20(23-15-4-2-1-3-5-15)27(26-16-10-30-12-17(26)13-31-11-16)19-22-14-21-18(24-19)25-6-8-29-9-7-25/h1-5,14,16-17H,6-13H2,(H,23,28). The number of nitrogens with one attached hydrogen (secondary N) is 1. The second kappa shape index (κ2) is 9.10. The van der Waals surface area contributed by atoms with E-state index in [0.29, 0.717) is 64.4 Å². The number of ether oxygens (including phenoxy) is 3. The van der Waals surface area contributed by atoms with Crippen molar-refractivity contribution >= 4 is 23.6 Å². The highest BCUT2D eigenvalue weighted by Crippen LogP contribution is 2.26. The third kappa shape index (κ3) is 4.30. The topological polar surface area (TPSA) is 105 Å². The molecule has 2 aromatic rings. The maximum atomic E-state index is 13.5. The molecular weight excluding hydrogens is 402 g/mol. The van der Waals surface area contributed by atoms with Gasteiger partial charge in [-0.1, -0.05) is 18.2 Å². The van der Waals surface area contributed by atoms with Gasteiger partial charge in [0.2, 0.25) is 5.95 Å². The van der Waals surface area contributed by atoms with Crippen LogP contribution in [0.25, 0.3) is 0 Å². The van der Waals surface area contributed by atoms with Gasteiger partial charge in [-0.3, -0.25) is 0 Å². The van der Waals surface area contributed by atoms with Gasteiger partial charge in [0.15, 0.2) is 0 Å². The van der Waals surface area contributed by atoms with Crippen LogP contribution in [0.4, 0.5) is 22.4 Å². The van der Waals surface area contributed by atoms with Gasteiger partial charge in [0.05, 0.1) is 51.7 Å². The van der Waals surface area contributed by atoms with Crippen molar-refractivity contribution in [2.45, 2.75) is 12.1 Å². The van der Waals surface area contributed by atoms with E-state index in [0.717, 1.165) is 0 Å². The Morgan fingerprint density at radius 2 is 1.65 bits per heavy atom. The van der Waals surface area contributed by atoms with E-state index in [4.69, 9.17) is 14.2 Å². The molecule has 0 unspecified atom stereocenters. The molecule has 0 radical (unpaired) electrons. The molecular formula is C20H25N7O4. The molecule has 3 aliphatic heterocycles. The van der Waals surface area contributed by atoms with Crippen molar-refractivity contribution in [1.82, 2.24) is 20.0 Å². The number of carbonyl (C=O) groups excluding carboxylic acids is 1. The summed E-state index contributed by atoms with van der Waals surface area (Å²) in [7, 11) is 0. The van der Waals surface area contributed by atoms with E-state index < -0.39 is 0 Å². The lowest BCUT2D eigenvalue weighted by molar-refractivity contribution is -0.137. The second-order valence-electron chi connectivity index (χ2n) is 7.56. The highest BCUT2D eigenvalue weighted by Gasteiger charge is 2.43. The summed E-state index contributed by atoms with van der Waals surface area (Å²) in [5.74, 6) is 0.796. The largest absolute Gasteiger partial charge is 0.378 e. The molecule has 3 aliphatic rings. The van der Waals surface area contributed by atoms with Crippen molar-refractivity contribution < 1.29 is 19.0 Å². The number of fused-ring (bicyclic) bond motifs is 2. The number of anilines is 3. The van der Waals surface area contributed by atoms with Crippen LogP contribution >= 0.6 is 0 Å². The van der Waals surface area contributed by atoms with Crippen molar-refractivity contribution in [2.24, 2.45) is 0 Å². The summed E-state index contributed by atoms with van der Waals surface area (Å²) in [4.78, 5) is 28.9. The minimum atomic E-state index is -0.343. The van der Waals surface area contributed by atoms with Gasteiger partial charge in [-0.2, -0.15) is 20.0 Å². The summed E-state index contributed by atoms with van der Waals surface area (Å²) in [6.45, 7) is 4.47. The molecule has 1 N–H and O–H groups in total. The van der Waals surface area contributed by atoms with Gasteiger partial charge in [-0.15, -0.1) is 0 Å². The normalized spacial score (nSPS) is 23.9. The highest BCUT2D eigenvalue weighted by molar-refractivity contribution is 6.00. The van der Waals surface area contributed by atoms with E-state index in [2.05, 4.69) is 20.3 Å². The molecule has 0 spiro atoms. The summed E-state index contributed by atoms with van der Waals surface area (Å²) in [6.07, 6.45) is 1.45. The number of aromatic nitrogens is 3. The second-order valence-corrected chi connectivity index (χ2v) is 7.56. The van der Waals surface area contributed by atoms with Crippen LogP contribution in [-0.4, -0.2) is 90.8 Å². The SMILES string of the molecule is O=C(Nc1ccccc1)N(c1ncnc(N2CCOCC2)n1)N1C2COCC1COC2. The zero-order valence-corrected chi connectivity index (χ0v) is 17.1. The van der Waals surface area contributed by atoms with Crippen LogP contribution in [0.15, 0.2) is 36.7 Å². The van der Waals surface area contributed by atoms with Crippen molar-refractivity contribution in [3.8, 4) is 0 Å². The fourth-order valence-electron chi connectivity index (χ4n) is 4.00. The van der Waals surface area contributed by atoms with Crippen LogP contribution in [0.5, 0.6) is 0 Å². The van der Waals surface area contributed by atoms with E-state index in [1.165, 1.54) is 11.3 Å². The van der Waals surface area contributed by atoms with Crippen LogP contribution < -0.4 is 15.2 Å². The Hall–Kier alpha value is -2.86. The van der Waals surface area contributed by atoms with E-state index in [1.54, 1.807) is 0 Å². The van der Waals surface area contributed by atoms with E-state index in [-0.39, 0.29) is 24.1 Å². The van der Waals surface area contributed by atoms with Crippen LogP contribution in [0.3, 0.4) is 0 Å². The van der Waals surface area contributed by atoms with Crippen LogP contribution in [-0.2, 0) is 14.2 Å². The number of urea groups is 1. The van der Waals surface area contributed by atoms with Gasteiger partial charge in [0, 0.05) is 18.8 Å². The quantitative estimate of drug-likeness (QED) is 0.757. The van der Waals surface area contributed by atoms with E-state index in [1.807, 2.05) is 40.2 Å². The van der Waals surface area contributed by atoms with E-state index >= 15 is 0 Å². The van der Waals surface area contributed by atoms with Crippen molar-refractivity contribution in [3.63, 3.8) is 0 Å². The Labute approximate surface area is 179 Å². The zero-order chi connectivity index (χ0) is 21.0. The summed E-state index contributed by atoms with van der Waals surface area (Å²) in [5.41, 5.74) is 0.689. The fourth-order valence-corrected chi connectivity index (χ4v) is 4.00. The molecule has 1 aromatic carbocycles. The maximum Gasteiger partial charge on any atom is 0.343 e. The molecule has 0 saturated carbocycles. The first-order valence-corrected chi connectivity index (χ1v) is 10.4. The first-order valence-electron chi connectivity index (χ1n) is 10.4. The number of rotatable bonds is 4. The molecule has 2 bridgehead atoms. The maximum absolute atomic E-state index is 13.5. The molecule has 11 heteroatoms. The Kier molecular flexibility index (Phi) is 5.89. The lowest BCUT2D eigenvalue weighted by Crippen LogP contribution is -2.67. The Bertz CT molecular complexity index is 874. The number of carbonyl (C=O) groups is 1. The molecule has 3 saturated heterocycles. The predicted molar refractivity (Wildman–Crippen MR) is 112 cm³/mol. The first kappa shape index (κ1) is 20.1. The number of morpholine rings is 3. The van der Waals surface area contributed by atoms with Gasteiger partial charge >= 0.3 is 6.03 Å². The third-order valence-electron chi connectivity index (χ3n) is 5.47. The molecule has 3 fully saturated rings. The van der Waals surface area contributed by atoms with Crippen molar-refractivity contribution in [3.05, 3.63) is 36.7 Å². The summed E-state index contributed by atoms with van der Waals surface area (Å²) < 4.78 is 16.9. The smallest absolute Gasteiger partial charge is 0.343 e. The minimum Gasteiger partial charge on any atom is -0.378 e. The molecule has 1 aromatic heterocycles. The molecule has 31 heavy (non-hydrogen) atoms. The van der Waals surface area contributed by atoms with Crippen molar-refractivity contribution in [1.29, 1.82) is 0 Å². The molecule has 5 rings (SSSR count). The summed E-state index contributed by atoms with van der Waals surface area (Å²) in [5, 5.41) is 6.46. The number of hydrazine groups is 1. The number of para-hydroxylation sites is 1. The average molecular weight is 427 g/mol. The highest BCUT2D eigenvalue weighted by atomic mass is 16.5. The number of benzene rings is 1. The monoisotopic (exact) mass is 427 g/mol. The van der Waals surface area contributed by atoms with E-state index in [9.17, 15) is 4.79 Å². The Morgan fingerprint density at radius 1 is 0.968 bits per heavy atom. The lowest BCUT2D eigenvalue weighted by atomic mass is 10.1. The lowest BCUT2D eigenvalue weighted by Gasteiger charge is -2.48. The third-order valence-corrected chi connectivity index (χ3v) is 5.47. The van der Waals surface area contributed by atoms with Gasteiger partial charge in [0.1, 0.15) is 6.33 Å². The average Bonchev–Trinajstić information content (AvgIpc) is 2.81. The number of hydrogen-bond acceptors (Lipinski definition) is 9. The van der Waals surface area contributed by atoms with Gasteiger partial charge in [0.25, 0.3) is 5.95 Å². The predicted octanol–water partition coefficient (Wildman–Crippen LogP) is 0.761. The number of amides is 2. The first-order chi connectivity index (χ1) is 15.3. The number of nitrogens with zero attached hydrogens (tertiary/aromatic N) is 6. The summed E-state index contributed by atoms with van der Waals surface area (Å²) in [6, 6.07) is 8.75. The fraction of sp³-hybridized carbons (Fsp3) is 0.500. The van der Waals surface area contributed by atoms with Crippen LogP contribution in [0, 0.1) is 0 Å². The summed E-state index contributed by atoms with van der Waals surface area (Å²) >= 11 is 0.